The number of carboxylic acids is 3. The molecule has 0 aliphatic rings. The summed E-state index contributed by atoms with van der Waals surface area (Å²) in [5.74, 6) is -3.38. The molecule has 0 saturated carbocycles. The van der Waals surface area contributed by atoms with Crippen LogP contribution in [0.15, 0.2) is 0 Å². The van der Waals surface area contributed by atoms with Crippen LogP contribution in [0.5, 0.6) is 0 Å². The number of aliphatic carboxylic acids is 3. The Morgan fingerprint density at radius 1 is 0.700 bits per heavy atom. The summed E-state index contributed by atoms with van der Waals surface area (Å²) in [6, 6.07) is 0. The third-order valence-electron chi connectivity index (χ3n) is 1.02. The summed E-state index contributed by atoms with van der Waals surface area (Å²) in [5, 5.41) is 26.6. The molecular formula is C10H18O6S3Sn. The first-order chi connectivity index (χ1) is 8.93. The first-order valence-electron chi connectivity index (χ1n) is 5.10. The van der Waals surface area contributed by atoms with Gasteiger partial charge in [0.15, 0.2) is 0 Å². The van der Waals surface area contributed by atoms with Crippen molar-refractivity contribution in [3.05, 3.63) is 0 Å². The summed E-state index contributed by atoms with van der Waals surface area (Å²) in [4.78, 5) is 30.6. The zero-order valence-corrected chi connectivity index (χ0v) is 17.1. The summed E-state index contributed by atoms with van der Waals surface area (Å²) in [6.45, 7) is 4.33. The van der Waals surface area contributed by atoms with Crippen molar-refractivity contribution in [1.29, 1.82) is 0 Å². The maximum atomic E-state index is 9.51. The Bertz CT molecular complexity index is 229. The topological polar surface area (TPSA) is 120 Å². The predicted molar refractivity (Wildman–Crippen MR) is 82.0 cm³/mol. The molecule has 0 rings (SSSR count). The summed E-state index contributed by atoms with van der Waals surface area (Å²) in [5.41, 5.74) is 0. The summed E-state index contributed by atoms with van der Waals surface area (Å²) < 4.78 is 0. The Morgan fingerprint density at radius 3 is 0.750 bits per heavy atom. The van der Waals surface area contributed by atoms with Crippen molar-refractivity contribution < 1.29 is 29.7 Å². The van der Waals surface area contributed by atoms with Crippen LogP contribution >= 0.6 is 37.9 Å². The molecular weight excluding hydrogens is 431 g/mol. The molecule has 6 nitrogen and oxygen atoms in total. The molecule has 0 N–H and O–H groups in total. The zero-order valence-electron chi connectivity index (χ0n) is 11.5. The minimum absolute atomic E-state index is 0.648. The first-order valence-corrected chi connectivity index (χ1v) is 9.50. The second kappa shape index (κ2) is 19.3. The van der Waals surface area contributed by atoms with Crippen LogP contribution in [0, 0.1) is 0 Å². The predicted octanol–water partition coefficient (Wildman–Crippen LogP) is -2.63. The van der Waals surface area contributed by atoms with Gasteiger partial charge in [-0.15, -0.1) is 0 Å². The van der Waals surface area contributed by atoms with Crippen LogP contribution < -0.4 is 15.3 Å². The van der Waals surface area contributed by atoms with Gasteiger partial charge in [0, 0.05) is 15.7 Å². The van der Waals surface area contributed by atoms with Gasteiger partial charge in [-0.3, -0.25) is 0 Å². The number of carboxylic acid groups (broad SMARTS) is 3. The Labute approximate surface area is 149 Å². The molecule has 0 fully saturated rings. The Morgan fingerprint density at radius 2 is 0.750 bits per heavy atom. The van der Waals surface area contributed by atoms with E-state index in [9.17, 15) is 29.7 Å². The molecule has 0 bridgehead atoms. The Hall–Kier alpha value is 0.259. The summed E-state index contributed by atoms with van der Waals surface area (Å²) in [7, 11) is 0. The van der Waals surface area contributed by atoms with Gasteiger partial charge < -0.3 is 29.7 Å². The van der Waals surface area contributed by atoms with E-state index in [0.29, 0.717) is 0 Å². The third-order valence-corrected chi connectivity index (χ3v) is 1.66. The van der Waals surface area contributed by atoms with E-state index < -0.39 is 33.7 Å². The van der Waals surface area contributed by atoms with Crippen LogP contribution in [0.2, 0.25) is 4.94 Å². The van der Waals surface area contributed by atoms with E-state index in [1.165, 1.54) is 20.8 Å². The molecule has 20 heavy (non-hydrogen) atoms. The summed E-state index contributed by atoms with van der Waals surface area (Å²) in [6.07, 6.45) is 0. The second-order valence-electron chi connectivity index (χ2n) is 2.99. The summed E-state index contributed by atoms with van der Waals surface area (Å²) >= 11 is 12.1. The van der Waals surface area contributed by atoms with E-state index >= 15 is 0 Å². The van der Waals surface area contributed by atoms with Crippen LogP contribution in [-0.4, -0.2) is 56.2 Å². The van der Waals surface area contributed by atoms with Gasteiger partial charge in [0.1, 0.15) is 0 Å². The molecule has 0 spiro atoms. The van der Waals surface area contributed by atoms with Gasteiger partial charge in [-0.1, -0.05) is 0 Å². The van der Waals surface area contributed by atoms with Crippen molar-refractivity contribution in [2.45, 2.75) is 41.5 Å². The molecule has 0 amide bonds. The monoisotopic (exact) mass is 450 g/mol. The van der Waals surface area contributed by atoms with E-state index in [1.807, 2.05) is 0 Å². The fourth-order valence-electron chi connectivity index (χ4n) is 0. The number of thiol groups is 3. The van der Waals surface area contributed by atoms with E-state index in [2.05, 4.69) is 42.8 Å². The van der Waals surface area contributed by atoms with Crippen molar-refractivity contribution in [3.8, 4) is 0 Å². The van der Waals surface area contributed by atoms with Crippen molar-refractivity contribution >= 4 is 78.3 Å². The average molecular weight is 449 g/mol. The van der Waals surface area contributed by atoms with Gasteiger partial charge in [0.2, 0.25) is 0 Å². The van der Waals surface area contributed by atoms with Gasteiger partial charge in [0.05, 0.1) is 17.9 Å². The van der Waals surface area contributed by atoms with Crippen LogP contribution in [0.4, 0.5) is 0 Å². The van der Waals surface area contributed by atoms with Gasteiger partial charge in [0.25, 0.3) is 0 Å². The van der Waals surface area contributed by atoms with Gasteiger partial charge in [-0.25, -0.2) is 0 Å². The minimum atomic E-state index is -1.13. The Kier molecular flexibility index (Phi) is 27.4. The molecule has 0 aliphatic carbocycles. The van der Waals surface area contributed by atoms with E-state index in [0.717, 1.165) is 0 Å². The number of carbonyl (C=O) groups excluding carboxylic acids is 3. The average Bonchev–Trinajstić information content (AvgIpc) is 2.32. The number of hydrogen-bond acceptors (Lipinski definition) is 9. The molecule has 0 aliphatic heterocycles. The molecule has 0 heterocycles. The molecule has 116 valence electrons. The van der Waals surface area contributed by atoms with Crippen LogP contribution in [-0.2, 0) is 14.4 Å². The molecule has 3 atom stereocenters. The third kappa shape index (κ3) is 36.2. The molecule has 0 aromatic rings. The molecule has 0 saturated heterocycles. The standard InChI is InChI=1S/3C3H6O2S.CH3.Sn/c3*1-2(6)3(4)5;;/h3*2,6H,1H3,(H,4,5);1H3;/q;;;;+3/p-3. The maximum absolute atomic E-state index is 9.51. The van der Waals surface area contributed by atoms with E-state index in [4.69, 9.17) is 0 Å². The van der Waals surface area contributed by atoms with Crippen LogP contribution in [0.1, 0.15) is 20.8 Å². The molecule has 0 radical (unpaired) electrons. The van der Waals surface area contributed by atoms with Crippen molar-refractivity contribution in [2.75, 3.05) is 0 Å². The zero-order chi connectivity index (χ0) is 17.5. The fourth-order valence-corrected chi connectivity index (χ4v) is 0. The van der Waals surface area contributed by atoms with E-state index in [1.54, 1.807) is 22.5 Å². The van der Waals surface area contributed by atoms with Gasteiger partial charge in [-0.05, 0) is 20.8 Å². The Balaban J connectivity index is -0.0000000902. The molecule has 0 aromatic carbocycles. The number of rotatable bonds is 3. The molecule has 0 aromatic heterocycles. The van der Waals surface area contributed by atoms with E-state index in [-0.39, 0.29) is 0 Å². The SMILES string of the molecule is CC(S)C(=O)[O-].CC(S)C(=O)[O-].CC(S)C(=O)[O-].[CH3][Sn+3]. The molecule has 10 heteroatoms. The molecule has 3 unspecified atom stereocenters. The number of hydrogen-bond donors (Lipinski definition) is 3. The fraction of sp³-hybridized carbons (Fsp3) is 0.700. The first kappa shape index (κ1) is 28.4. The van der Waals surface area contributed by atoms with Crippen LogP contribution in [0.3, 0.4) is 0 Å². The van der Waals surface area contributed by atoms with Crippen molar-refractivity contribution in [3.63, 3.8) is 0 Å². The quantitative estimate of drug-likeness (QED) is 0.321. The van der Waals surface area contributed by atoms with Crippen LogP contribution in [0.25, 0.3) is 0 Å². The normalized spacial score (nSPS) is 12.7. The van der Waals surface area contributed by atoms with Crippen molar-refractivity contribution in [1.82, 2.24) is 0 Å². The van der Waals surface area contributed by atoms with Gasteiger partial charge in [-0.2, -0.15) is 37.9 Å². The number of carbonyl (C=O) groups is 3. The second-order valence-corrected chi connectivity index (χ2v) is 5.31. The van der Waals surface area contributed by atoms with Gasteiger partial charge >= 0.3 is 27.5 Å². The van der Waals surface area contributed by atoms with Crippen molar-refractivity contribution in [2.24, 2.45) is 0 Å².